The monoisotopic (exact) mass is 267 g/mol. The third-order valence-corrected chi connectivity index (χ3v) is 3.88. The second-order valence-corrected chi connectivity index (χ2v) is 5.20. The molecule has 0 bridgehead atoms. The molecule has 1 heterocycles. The first-order valence-corrected chi connectivity index (χ1v) is 6.27. The molecular weight excluding hydrogens is 262 g/mol. The van der Waals surface area contributed by atoms with Crippen molar-refractivity contribution >= 4 is 43.4 Å². The first kappa shape index (κ1) is 9.91. The molecule has 0 fully saturated rings. The highest BCUT2D eigenvalue weighted by molar-refractivity contribution is 9.11. The van der Waals surface area contributed by atoms with Crippen LogP contribution in [0.2, 0.25) is 0 Å². The predicted octanol–water partition coefficient (Wildman–Crippen LogP) is 1.76. The number of hydrogen-bond acceptors (Lipinski definition) is 3. The van der Waals surface area contributed by atoms with Crippen molar-refractivity contribution in [2.75, 3.05) is 0 Å². The Labute approximate surface area is 83.1 Å². The number of nitrogens with two attached hydrogens (primary N) is 1. The van der Waals surface area contributed by atoms with Crippen molar-refractivity contribution in [3.63, 3.8) is 0 Å². The summed E-state index contributed by atoms with van der Waals surface area (Å²) in [6.45, 7) is 0. The second kappa shape index (κ2) is 3.69. The lowest BCUT2D eigenvalue weighted by atomic mass is 10.3. The predicted molar refractivity (Wildman–Crippen MR) is 53.7 cm³/mol. The van der Waals surface area contributed by atoms with Crippen LogP contribution in [-0.2, 0) is 10.0 Å². The van der Waals surface area contributed by atoms with E-state index in [9.17, 15) is 8.42 Å². The molecule has 1 aromatic rings. The highest BCUT2D eigenvalue weighted by Gasteiger charge is 2.12. The smallest absolute Gasteiger partial charge is 0.224 e. The average Bonchev–Trinajstić information content (AvgIpc) is 2.34. The van der Waals surface area contributed by atoms with Gasteiger partial charge in [0.25, 0.3) is 0 Å². The zero-order chi connectivity index (χ0) is 9.19. The Morgan fingerprint density at radius 3 is 2.75 bits per heavy atom. The van der Waals surface area contributed by atoms with E-state index in [0.717, 1.165) is 11.3 Å². The lowest BCUT2D eigenvalue weighted by Gasteiger charge is -1.93. The Hall–Kier alpha value is -0.170. The molecule has 0 amide bonds. The Balaban J connectivity index is 3.26. The van der Waals surface area contributed by atoms with Crippen LogP contribution in [0.15, 0.2) is 20.6 Å². The van der Waals surface area contributed by atoms with E-state index in [2.05, 4.69) is 15.9 Å². The summed E-state index contributed by atoms with van der Waals surface area (Å²) in [5, 5.41) is 6.65. The van der Waals surface area contributed by atoms with Crippen LogP contribution >= 0.6 is 27.3 Å². The maximum Gasteiger partial charge on any atom is 0.248 e. The standard InChI is InChI=1S/C6H6BrNO2S2/c7-3-1-5-2-4-11-6(5)12(8,9)10/h1-4H,(H2,8,9,10)/b3-1+. The zero-order valence-corrected chi connectivity index (χ0v) is 9.12. The molecule has 0 atom stereocenters. The fourth-order valence-corrected chi connectivity index (χ4v) is 2.79. The van der Waals surface area contributed by atoms with Gasteiger partial charge in [-0.1, -0.05) is 15.9 Å². The van der Waals surface area contributed by atoms with E-state index in [1.54, 1.807) is 22.5 Å². The van der Waals surface area contributed by atoms with Gasteiger partial charge in [-0.05, 0) is 22.5 Å². The lowest BCUT2D eigenvalue weighted by Crippen LogP contribution is -2.11. The summed E-state index contributed by atoms with van der Waals surface area (Å²) < 4.78 is 22.1. The molecule has 0 aliphatic carbocycles. The molecule has 12 heavy (non-hydrogen) atoms. The zero-order valence-electron chi connectivity index (χ0n) is 5.90. The summed E-state index contributed by atoms with van der Waals surface area (Å²) in [5.41, 5.74) is 0.611. The number of hydrogen-bond donors (Lipinski definition) is 1. The van der Waals surface area contributed by atoms with Crippen molar-refractivity contribution < 1.29 is 8.42 Å². The minimum absolute atomic E-state index is 0.193. The highest BCUT2D eigenvalue weighted by atomic mass is 79.9. The fourth-order valence-electron chi connectivity index (χ4n) is 0.728. The number of primary sulfonamides is 1. The third kappa shape index (κ3) is 2.16. The number of rotatable bonds is 2. The normalized spacial score (nSPS) is 12.5. The van der Waals surface area contributed by atoms with Gasteiger partial charge in [-0.3, -0.25) is 0 Å². The first-order valence-electron chi connectivity index (χ1n) is 2.93. The van der Waals surface area contributed by atoms with E-state index in [1.165, 1.54) is 0 Å². The van der Waals surface area contributed by atoms with E-state index in [-0.39, 0.29) is 4.21 Å². The highest BCUT2D eigenvalue weighted by Crippen LogP contribution is 2.22. The molecule has 1 aromatic heterocycles. The van der Waals surface area contributed by atoms with E-state index in [0.29, 0.717) is 5.56 Å². The molecule has 1 rings (SSSR count). The van der Waals surface area contributed by atoms with Crippen molar-refractivity contribution in [1.82, 2.24) is 0 Å². The van der Waals surface area contributed by atoms with Crippen LogP contribution in [0.5, 0.6) is 0 Å². The molecule has 0 radical (unpaired) electrons. The number of thiophene rings is 1. The molecule has 0 aromatic carbocycles. The van der Waals surface area contributed by atoms with Crippen molar-refractivity contribution in [3.05, 3.63) is 22.0 Å². The van der Waals surface area contributed by atoms with Gasteiger partial charge in [0.2, 0.25) is 10.0 Å². The molecule has 3 nitrogen and oxygen atoms in total. The number of sulfonamides is 1. The third-order valence-electron chi connectivity index (χ3n) is 1.16. The molecular formula is C6H6BrNO2S2. The van der Waals surface area contributed by atoms with Gasteiger partial charge in [-0.15, -0.1) is 11.3 Å². The molecule has 0 aliphatic heterocycles. The first-order chi connectivity index (χ1) is 5.55. The molecule has 0 unspecified atom stereocenters. The summed E-state index contributed by atoms with van der Waals surface area (Å²) >= 11 is 4.17. The van der Waals surface area contributed by atoms with Crippen LogP contribution < -0.4 is 5.14 Å². The SMILES string of the molecule is NS(=O)(=O)c1sccc1/C=C/Br. The van der Waals surface area contributed by atoms with Gasteiger partial charge >= 0.3 is 0 Å². The minimum atomic E-state index is -3.57. The Kier molecular flexibility index (Phi) is 3.05. The summed E-state index contributed by atoms with van der Waals surface area (Å²) in [6.07, 6.45) is 1.64. The molecule has 0 saturated heterocycles. The molecule has 0 saturated carbocycles. The second-order valence-electron chi connectivity index (χ2n) is 2.00. The van der Waals surface area contributed by atoms with Crippen LogP contribution in [-0.4, -0.2) is 8.42 Å². The van der Waals surface area contributed by atoms with Gasteiger partial charge in [-0.25, -0.2) is 13.6 Å². The Bertz CT molecular complexity index is 393. The Morgan fingerprint density at radius 2 is 2.25 bits per heavy atom. The summed E-state index contributed by atoms with van der Waals surface area (Å²) in [5.74, 6) is 0. The number of halogens is 1. The van der Waals surface area contributed by atoms with Crippen molar-refractivity contribution in [2.24, 2.45) is 5.14 Å². The van der Waals surface area contributed by atoms with Crippen LogP contribution in [0.4, 0.5) is 0 Å². The van der Waals surface area contributed by atoms with E-state index < -0.39 is 10.0 Å². The maximum atomic E-state index is 10.9. The van der Waals surface area contributed by atoms with Crippen LogP contribution in [0.25, 0.3) is 6.08 Å². The van der Waals surface area contributed by atoms with E-state index in [1.807, 2.05) is 0 Å². The summed E-state index contributed by atoms with van der Waals surface area (Å²) in [7, 11) is -3.57. The average molecular weight is 268 g/mol. The topological polar surface area (TPSA) is 60.2 Å². The van der Waals surface area contributed by atoms with Gasteiger partial charge in [0, 0.05) is 5.56 Å². The van der Waals surface area contributed by atoms with Gasteiger partial charge in [0.15, 0.2) is 0 Å². The Morgan fingerprint density at radius 1 is 1.58 bits per heavy atom. The lowest BCUT2D eigenvalue weighted by molar-refractivity contribution is 0.599. The quantitative estimate of drug-likeness (QED) is 0.888. The molecule has 6 heteroatoms. The van der Waals surface area contributed by atoms with E-state index >= 15 is 0 Å². The van der Waals surface area contributed by atoms with Crippen LogP contribution in [0.3, 0.4) is 0 Å². The van der Waals surface area contributed by atoms with Crippen molar-refractivity contribution in [1.29, 1.82) is 0 Å². The van der Waals surface area contributed by atoms with Crippen molar-refractivity contribution in [3.8, 4) is 0 Å². The summed E-state index contributed by atoms with van der Waals surface area (Å²) in [6, 6.07) is 1.70. The van der Waals surface area contributed by atoms with Crippen LogP contribution in [0, 0.1) is 0 Å². The van der Waals surface area contributed by atoms with Crippen molar-refractivity contribution in [2.45, 2.75) is 4.21 Å². The fraction of sp³-hybridized carbons (Fsp3) is 0. The van der Waals surface area contributed by atoms with Gasteiger partial charge in [0.05, 0.1) is 0 Å². The van der Waals surface area contributed by atoms with E-state index in [4.69, 9.17) is 5.14 Å². The molecule has 0 spiro atoms. The summed E-state index contributed by atoms with van der Waals surface area (Å²) in [4.78, 5) is 1.59. The molecule has 0 aliphatic rings. The van der Waals surface area contributed by atoms with Crippen LogP contribution in [0.1, 0.15) is 5.56 Å². The molecule has 66 valence electrons. The van der Waals surface area contributed by atoms with Gasteiger partial charge < -0.3 is 0 Å². The maximum absolute atomic E-state index is 10.9. The van der Waals surface area contributed by atoms with Gasteiger partial charge in [-0.2, -0.15) is 0 Å². The molecule has 2 N–H and O–H groups in total. The largest absolute Gasteiger partial charge is 0.248 e. The minimum Gasteiger partial charge on any atom is -0.224 e. The van der Waals surface area contributed by atoms with Gasteiger partial charge in [0.1, 0.15) is 4.21 Å².